The molecule has 0 aromatic carbocycles. The number of rotatable bonds is 3. The van der Waals surface area contributed by atoms with Gasteiger partial charge < -0.3 is 11.1 Å². The lowest BCUT2D eigenvalue weighted by Crippen LogP contribution is -2.29. The number of allylic oxidation sites excluding steroid dienone is 3. The molecule has 1 aliphatic carbocycles. The Labute approximate surface area is 145 Å². The lowest BCUT2D eigenvalue weighted by molar-refractivity contribution is 0.684. The topological polar surface area (TPSA) is 74.7 Å². The van der Waals surface area contributed by atoms with E-state index in [-0.39, 0.29) is 5.92 Å². The molecule has 2 aromatic rings. The smallest absolute Gasteiger partial charge is 0.101 e. The summed E-state index contributed by atoms with van der Waals surface area (Å²) in [5, 5.41) is 14.9. The first-order valence-corrected chi connectivity index (χ1v) is 9.17. The molecular weight excluding hydrogens is 316 g/mol. The average Bonchev–Trinajstić information content (AvgIpc) is 3.30. The fourth-order valence-corrected chi connectivity index (χ4v) is 4.56. The summed E-state index contributed by atoms with van der Waals surface area (Å²) in [6.07, 6.45) is 5.38. The minimum Gasteiger partial charge on any atom is -0.385 e. The number of nitrogens with one attached hydrogen (secondary N) is 1. The molecule has 1 aliphatic heterocycles. The quantitative estimate of drug-likeness (QED) is 0.884. The first-order chi connectivity index (χ1) is 11.6. The molecule has 1 saturated carbocycles. The van der Waals surface area contributed by atoms with E-state index in [0.717, 1.165) is 34.1 Å². The van der Waals surface area contributed by atoms with Crippen LogP contribution in [0.25, 0.3) is 10.2 Å². The Balaban J connectivity index is 1.88. The number of nitrogens with zero attached hydrogens (tertiary/aromatic N) is 2. The third-order valence-electron chi connectivity index (χ3n) is 5.16. The molecule has 4 rings (SSSR count). The minimum absolute atomic E-state index is 0.169. The predicted molar refractivity (Wildman–Crippen MR) is 97.1 cm³/mol. The summed E-state index contributed by atoms with van der Waals surface area (Å²) in [6.45, 7) is 4.25. The van der Waals surface area contributed by atoms with Gasteiger partial charge in [0.1, 0.15) is 11.9 Å². The summed E-state index contributed by atoms with van der Waals surface area (Å²) in [5.74, 6) is 1.73. The third kappa shape index (κ3) is 2.38. The number of hydrogen-bond acceptors (Lipinski definition) is 5. The molecule has 1 atom stereocenters. The number of fused-ring (bicyclic) bond motifs is 1. The highest BCUT2D eigenvalue weighted by Gasteiger charge is 2.33. The molecule has 0 spiro atoms. The van der Waals surface area contributed by atoms with E-state index in [2.05, 4.69) is 35.6 Å². The highest BCUT2D eigenvalue weighted by atomic mass is 32.1. The van der Waals surface area contributed by atoms with E-state index >= 15 is 0 Å². The molecule has 122 valence electrons. The van der Waals surface area contributed by atoms with E-state index in [9.17, 15) is 5.26 Å². The minimum atomic E-state index is 0.169. The van der Waals surface area contributed by atoms with Crippen LogP contribution in [0.4, 0.5) is 0 Å². The number of thiophene rings is 1. The summed E-state index contributed by atoms with van der Waals surface area (Å²) < 4.78 is 0.975. The van der Waals surface area contributed by atoms with E-state index in [0.29, 0.717) is 5.56 Å². The van der Waals surface area contributed by atoms with Gasteiger partial charge in [0, 0.05) is 23.4 Å². The van der Waals surface area contributed by atoms with Crippen molar-refractivity contribution < 1.29 is 0 Å². The van der Waals surface area contributed by atoms with Gasteiger partial charge in [-0.3, -0.25) is 4.98 Å². The first kappa shape index (κ1) is 15.2. The Bertz CT molecular complexity index is 924. The molecule has 1 unspecified atom stereocenters. The Morgan fingerprint density at radius 1 is 1.42 bits per heavy atom. The van der Waals surface area contributed by atoms with Gasteiger partial charge in [-0.05, 0) is 61.6 Å². The van der Waals surface area contributed by atoms with Crippen LogP contribution in [0.1, 0.15) is 50.2 Å². The molecule has 3 heterocycles. The summed E-state index contributed by atoms with van der Waals surface area (Å²) in [7, 11) is 0. The van der Waals surface area contributed by atoms with Crippen LogP contribution in [0.15, 0.2) is 40.3 Å². The maximum atomic E-state index is 9.35. The number of aromatic nitrogens is 1. The van der Waals surface area contributed by atoms with Crippen LogP contribution in [0.3, 0.4) is 0 Å². The highest BCUT2D eigenvalue weighted by molar-refractivity contribution is 7.17. The van der Waals surface area contributed by atoms with E-state index in [1.54, 1.807) is 23.6 Å². The molecule has 0 saturated heterocycles. The van der Waals surface area contributed by atoms with Gasteiger partial charge in [-0.25, -0.2) is 0 Å². The molecule has 3 N–H and O–H groups in total. The van der Waals surface area contributed by atoms with Crippen molar-refractivity contribution >= 4 is 21.6 Å². The van der Waals surface area contributed by atoms with E-state index < -0.39 is 0 Å². The Morgan fingerprint density at radius 3 is 2.92 bits per heavy atom. The summed E-state index contributed by atoms with van der Waals surface area (Å²) >= 11 is 1.61. The Kier molecular flexibility index (Phi) is 3.58. The zero-order valence-electron chi connectivity index (χ0n) is 13.9. The largest absolute Gasteiger partial charge is 0.385 e. The normalized spacial score (nSPS) is 21.1. The Hall–Kier alpha value is -2.32. The highest BCUT2D eigenvalue weighted by Crippen LogP contribution is 2.47. The van der Waals surface area contributed by atoms with Crippen LogP contribution in [0.2, 0.25) is 0 Å². The second-order valence-corrected chi connectivity index (χ2v) is 7.67. The van der Waals surface area contributed by atoms with Crippen molar-refractivity contribution in [3.63, 3.8) is 0 Å². The van der Waals surface area contributed by atoms with Crippen LogP contribution >= 0.6 is 11.3 Å². The van der Waals surface area contributed by atoms with Gasteiger partial charge in [-0.1, -0.05) is 0 Å². The van der Waals surface area contributed by atoms with Crippen LogP contribution in [0, 0.1) is 17.2 Å². The maximum absolute atomic E-state index is 9.35. The van der Waals surface area contributed by atoms with Gasteiger partial charge in [0.2, 0.25) is 0 Å². The van der Waals surface area contributed by atoms with Gasteiger partial charge in [0.15, 0.2) is 0 Å². The van der Waals surface area contributed by atoms with Crippen molar-refractivity contribution in [2.24, 2.45) is 11.7 Å². The second kappa shape index (κ2) is 5.64. The SMILES string of the molecule is CC1=C(C)C(c2csc3c(C#N)ccnc23)C(CC2CC2)=C(N)N1. The number of nitriles is 1. The van der Waals surface area contributed by atoms with Gasteiger partial charge in [-0.15, -0.1) is 11.3 Å². The summed E-state index contributed by atoms with van der Waals surface area (Å²) in [4.78, 5) is 4.59. The van der Waals surface area contributed by atoms with E-state index in [1.165, 1.54) is 29.6 Å². The average molecular weight is 336 g/mol. The van der Waals surface area contributed by atoms with E-state index in [1.807, 2.05) is 0 Å². The van der Waals surface area contributed by atoms with Gasteiger partial charge >= 0.3 is 0 Å². The van der Waals surface area contributed by atoms with Crippen molar-refractivity contribution in [3.05, 3.63) is 51.4 Å². The number of pyridine rings is 1. The zero-order chi connectivity index (χ0) is 16.8. The summed E-state index contributed by atoms with van der Waals surface area (Å²) in [6, 6.07) is 4.06. The van der Waals surface area contributed by atoms with Gasteiger partial charge in [0.25, 0.3) is 0 Å². The monoisotopic (exact) mass is 336 g/mol. The van der Waals surface area contributed by atoms with Crippen molar-refractivity contribution in [1.82, 2.24) is 10.3 Å². The number of hydrogen-bond donors (Lipinski definition) is 2. The molecule has 2 aromatic heterocycles. The van der Waals surface area contributed by atoms with Crippen LogP contribution in [-0.4, -0.2) is 4.98 Å². The van der Waals surface area contributed by atoms with Gasteiger partial charge in [0.05, 0.1) is 15.8 Å². The van der Waals surface area contributed by atoms with Crippen LogP contribution in [0.5, 0.6) is 0 Å². The van der Waals surface area contributed by atoms with Crippen molar-refractivity contribution in [3.8, 4) is 6.07 Å². The van der Waals surface area contributed by atoms with Crippen molar-refractivity contribution in [2.75, 3.05) is 0 Å². The molecular formula is C19H20N4S. The lowest BCUT2D eigenvalue weighted by atomic mass is 9.80. The van der Waals surface area contributed by atoms with Crippen LogP contribution < -0.4 is 11.1 Å². The zero-order valence-corrected chi connectivity index (χ0v) is 14.7. The predicted octanol–water partition coefficient (Wildman–Crippen LogP) is 4.12. The molecule has 0 bridgehead atoms. The Morgan fingerprint density at radius 2 is 2.21 bits per heavy atom. The fourth-order valence-electron chi connectivity index (χ4n) is 3.54. The maximum Gasteiger partial charge on any atom is 0.101 e. The molecule has 1 fully saturated rings. The standard InChI is InChI=1S/C19H20N4S/c1-10-11(2)23-19(21)14(7-12-3-4-12)16(10)15-9-24-18-13(8-20)5-6-22-17(15)18/h5-6,9,12,16,23H,3-4,7,21H2,1-2H3. The number of dihydropyridines is 1. The van der Waals surface area contributed by atoms with E-state index in [4.69, 9.17) is 5.73 Å². The molecule has 5 heteroatoms. The first-order valence-electron chi connectivity index (χ1n) is 8.29. The van der Waals surface area contributed by atoms with Gasteiger partial charge in [-0.2, -0.15) is 5.26 Å². The van der Waals surface area contributed by atoms with Crippen LogP contribution in [-0.2, 0) is 0 Å². The van der Waals surface area contributed by atoms with Crippen molar-refractivity contribution in [1.29, 1.82) is 5.26 Å². The number of nitrogens with two attached hydrogens (primary N) is 1. The lowest BCUT2D eigenvalue weighted by Gasteiger charge is -2.30. The molecule has 0 amide bonds. The molecule has 4 nitrogen and oxygen atoms in total. The second-order valence-electron chi connectivity index (χ2n) is 6.79. The summed E-state index contributed by atoms with van der Waals surface area (Å²) in [5.41, 5.74) is 12.9. The molecule has 2 aliphatic rings. The third-order valence-corrected chi connectivity index (χ3v) is 6.18. The van der Waals surface area contributed by atoms with Crippen molar-refractivity contribution in [2.45, 2.75) is 39.0 Å². The molecule has 24 heavy (non-hydrogen) atoms. The fraction of sp³-hybridized carbons (Fsp3) is 0.368. The molecule has 0 radical (unpaired) electrons.